The van der Waals surface area contributed by atoms with Crippen LogP contribution in [0.25, 0.3) is 0 Å². The van der Waals surface area contributed by atoms with Crippen LogP contribution in [0.3, 0.4) is 0 Å². The van der Waals surface area contributed by atoms with Crippen molar-refractivity contribution in [1.29, 1.82) is 0 Å². The molecule has 0 aromatic heterocycles. The molecule has 7 nitrogen and oxygen atoms in total. The molecule has 1 aromatic rings. The summed E-state index contributed by atoms with van der Waals surface area (Å²) in [6.45, 7) is 7.43. The number of carboxylic acid groups (broad SMARTS) is 1. The van der Waals surface area contributed by atoms with Gasteiger partial charge in [-0.05, 0) is 11.1 Å². The van der Waals surface area contributed by atoms with Gasteiger partial charge in [0.2, 0.25) is 0 Å². The first-order valence-corrected chi connectivity index (χ1v) is 9.92. The third-order valence-electron chi connectivity index (χ3n) is 5.11. The maximum atomic E-state index is 11.6. The SMILES string of the molecule is CCC(=O)Cc1ccc(CN2CCN(CC=O)CCN(CC(=O)O)CC2)cc1. The van der Waals surface area contributed by atoms with Crippen molar-refractivity contribution in [2.75, 3.05) is 52.4 Å². The zero-order valence-corrected chi connectivity index (χ0v) is 16.7. The van der Waals surface area contributed by atoms with Crippen LogP contribution in [0.15, 0.2) is 24.3 Å². The normalized spacial score (nSPS) is 17.5. The molecule has 28 heavy (non-hydrogen) atoms. The van der Waals surface area contributed by atoms with Gasteiger partial charge < -0.3 is 9.90 Å². The van der Waals surface area contributed by atoms with Crippen molar-refractivity contribution in [2.45, 2.75) is 26.3 Å². The van der Waals surface area contributed by atoms with Crippen LogP contribution in [0.5, 0.6) is 0 Å². The average Bonchev–Trinajstić information content (AvgIpc) is 2.76. The lowest BCUT2D eigenvalue weighted by Crippen LogP contribution is -2.39. The number of benzene rings is 1. The number of carbonyl (C=O) groups is 3. The first kappa shape index (κ1) is 22.2. The monoisotopic (exact) mass is 389 g/mol. The van der Waals surface area contributed by atoms with Gasteiger partial charge >= 0.3 is 5.97 Å². The Morgan fingerprint density at radius 1 is 0.929 bits per heavy atom. The Kier molecular flexibility index (Phi) is 9.27. The molecule has 0 bridgehead atoms. The summed E-state index contributed by atoms with van der Waals surface area (Å²) in [5.74, 6) is -0.591. The highest BCUT2D eigenvalue weighted by molar-refractivity contribution is 5.80. The fourth-order valence-electron chi connectivity index (χ4n) is 3.35. The summed E-state index contributed by atoms with van der Waals surface area (Å²) in [5, 5.41) is 9.13. The molecular weight excluding hydrogens is 358 g/mol. The number of nitrogens with zero attached hydrogens (tertiary/aromatic N) is 3. The van der Waals surface area contributed by atoms with Crippen LogP contribution in [-0.2, 0) is 27.3 Å². The Labute approximate surface area is 166 Å². The maximum absolute atomic E-state index is 11.6. The highest BCUT2D eigenvalue weighted by Gasteiger charge is 2.18. The van der Waals surface area contributed by atoms with Crippen molar-refractivity contribution in [2.24, 2.45) is 0 Å². The highest BCUT2D eigenvalue weighted by atomic mass is 16.4. The number of carboxylic acids is 1. The molecule has 7 heteroatoms. The number of aliphatic carboxylic acids is 1. The molecule has 1 saturated heterocycles. The van der Waals surface area contributed by atoms with Crippen molar-refractivity contribution in [3.05, 3.63) is 35.4 Å². The fraction of sp³-hybridized carbons (Fsp3) is 0.571. The summed E-state index contributed by atoms with van der Waals surface area (Å²) in [6, 6.07) is 8.13. The van der Waals surface area contributed by atoms with Crippen molar-refractivity contribution in [3.63, 3.8) is 0 Å². The zero-order valence-electron chi connectivity index (χ0n) is 16.7. The Hall–Kier alpha value is -2.09. The minimum atomic E-state index is -0.829. The molecule has 1 aliphatic heterocycles. The van der Waals surface area contributed by atoms with Gasteiger partial charge in [-0.15, -0.1) is 0 Å². The maximum Gasteiger partial charge on any atom is 0.317 e. The number of ketones is 1. The van der Waals surface area contributed by atoms with Gasteiger partial charge in [-0.1, -0.05) is 31.2 Å². The minimum Gasteiger partial charge on any atom is -0.480 e. The quantitative estimate of drug-likeness (QED) is 0.629. The molecule has 0 amide bonds. The van der Waals surface area contributed by atoms with E-state index in [4.69, 9.17) is 5.11 Å². The van der Waals surface area contributed by atoms with E-state index in [0.29, 0.717) is 39.0 Å². The predicted octanol–water partition coefficient (Wildman–Crippen LogP) is 0.911. The number of hydrogen-bond acceptors (Lipinski definition) is 6. The van der Waals surface area contributed by atoms with Crippen molar-refractivity contribution >= 4 is 18.0 Å². The molecule has 0 saturated carbocycles. The third-order valence-corrected chi connectivity index (χ3v) is 5.11. The standard InChI is InChI=1S/C21H31N3O4/c1-2-20(26)15-18-3-5-19(6-4-18)16-23-9-7-22(13-14-25)8-10-24(12-11-23)17-21(27)28/h3-6,14H,2,7-13,15-17H2,1H3,(H,27,28). The van der Waals surface area contributed by atoms with E-state index in [-0.39, 0.29) is 12.3 Å². The van der Waals surface area contributed by atoms with Gasteiger partial charge in [0, 0.05) is 58.7 Å². The van der Waals surface area contributed by atoms with Gasteiger partial charge in [-0.3, -0.25) is 24.3 Å². The van der Waals surface area contributed by atoms with Crippen LogP contribution in [0.1, 0.15) is 24.5 Å². The minimum absolute atomic E-state index is 0.0168. The molecule has 2 rings (SSSR count). The van der Waals surface area contributed by atoms with E-state index in [1.54, 1.807) is 0 Å². The second-order valence-electron chi connectivity index (χ2n) is 7.30. The van der Waals surface area contributed by atoms with Gasteiger partial charge in [-0.25, -0.2) is 0 Å². The molecule has 1 heterocycles. The number of carbonyl (C=O) groups excluding carboxylic acids is 2. The topological polar surface area (TPSA) is 81.2 Å². The first-order valence-electron chi connectivity index (χ1n) is 9.92. The van der Waals surface area contributed by atoms with Crippen LogP contribution in [0.4, 0.5) is 0 Å². The van der Waals surface area contributed by atoms with E-state index >= 15 is 0 Å². The van der Waals surface area contributed by atoms with Crippen molar-refractivity contribution in [1.82, 2.24) is 14.7 Å². The van der Waals surface area contributed by atoms with Crippen molar-refractivity contribution < 1.29 is 19.5 Å². The Morgan fingerprint density at radius 3 is 2.00 bits per heavy atom. The first-order chi connectivity index (χ1) is 13.5. The zero-order chi connectivity index (χ0) is 20.4. The summed E-state index contributed by atoms with van der Waals surface area (Å²) >= 11 is 0. The lowest BCUT2D eigenvalue weighted by molar-refractivity contribution is -0.138. The van der Waals surface area contributed by atoms with E-state index < -0.39 is 5.97 Å². The molecule has 1 aliphatic rings. The smallest absolute Gasteiger partial charge is 0.317 e. The summed E-state index contributed by atoms with van der Waals surface area (Å²) in [7, 11) is 0. The number of rotatable bonds is 9. The van der Waals surface area contributed by atoms with Gasteiger partial charge in [0.25, 0.3) is 0 Å². The summed E-state index contributed by atoms with van der Waals surface area (Å²) < 4.78 is 0. The second kappa shape index (κ2) is 11.7. The number of hydrogen-bond donors (Lipinski definition) is 1. The Bertz CT molecular complexity index is 648. The highest BCUT2D eigenvalue weighted by Crippen LogP contribution is 2.10. The molecule has 0 unspecified atom stereocenters. The van der Waals surface area contributed by atoms with Gasteiger partial charge in [-0.2, -0.15) is 0 Å². The number of aldehydes is 1. The van der Waals surface area contributed by atoms with Crippen LogP contribution < -0.4 is 0 Å². The van der Waals surface area contributed by atoms with E-state index in [9.17, 15) is 14.4 Å². The predicted molar refractivity (Wildman–Crippen MR) is 107 cm³/mol. The van der Waals surface area contributed by atoms with Crippen LogP contribution in [0, 0.1) is 0 Å². The fourth-order valence-corrected chi connectivity index (χ4v) is 3.35. The summed E-state index contributed by atoms with van der Waals surface area (Å²) in [5.41, 5.74) is 2.20. The Balaban J connectivity index is 2.00. The van der Waals surface area contributed by atoms with Gasteiger partial charge in [0.15, 0.2) is 0 Å². The van der Waals surface area contributed by atoms with E-state index in [1.165, 1.54) is 5.56 Å². The Morgan fingerprint density at radius 2 is 1.46 bits per heavy atom. The molecule has 1 fully saturated rings. The summed E-state index contributed by atoms with van der Waals surface area (Å²) in [4.78, 5) is 39.9. The molecule has 154 valence electrons. The molecule has 0 spiro atoms. The largest absolute Gasteiger partial charge is 0.480 e. The van der Waals surface area contributed by atoms with Crippen LogP contribution in [-0.4, -0.2) is 90.2 Å². The van der Waals surface area contributed by atoms with E-state index in [0.717, 1.165) is 38.0 Å². The lowest BCUT2D eigenvalue weighted by atomic mass is 10.1. The molecular formula is C21H31N3O4. The van der Waals surface area contributed by atoms with E-state index in [1.807, 2.05) is 24.0 Å². The number of Topliss-reactive ketones (excluding diaryl/α,β-unsaturated/α-hetero) is 1. The molecule has 1 aromatic carbocycles. The summed E-state index contributed by atoms with van der Waals surface area (Å²) in [6.07, 6.45) is 1.94. The van der Waals surface area contributed by atoms with Crippen LogP contribution >= 0.6 is 0 Å². The van der Waals surface area contributed by atoms with Gasteiger partial charge in [0.1, 0.15) is 12.1 Å². The third kappa shape index (κ3) is 7.88. The van der Waals surface area contributed by atoms with Gasteiger partial charge in [0.05, 0.1) is 13.1 Å². The second-order valence-corrected chi connectivity index (χ2v) is 7.30. The van der Waals surface area contributed by atoms with Crippen LogP contribution in [0.2, 0.25) is 0 Å². The van der Waals surface area contributed by atoms with Crippen molar-refractivity contribution in [3.8, 4) is 0 Å². The molecule has 0 radical (unpaired) electrons. The molecule has 0 aliphatic carbocycles. The average molecular weight is 389 g/mol. The molecule has 1 N–H and O–H groups in total. The van der Waals surface area contributed by atoms with E-state index in [2.05, 4.69) is 21.9 Å². The lowest BCUT2D eigenvalue weighted by Gasteiger charge is -2.25. The molecule has 0 atom stereocenters.